The first-order chi connectivity index (χ1) is 11.6. The van der Waals surface area contributed by atoms with E-state index in [-0.39, 0.29) is 11.9 Å². The summed E-state index contributed by atoms with van der Waals surface area (Å²) in [6.07, 6.45) is 2.03. The molecule has 1 unspecified atom stereocenters. The van der Waals surface area contributed by atoms with E-state index in [0.717, 1.165) is 48.3 Å². The van der Waals surface area contributed by atoms with Gasteiger partial charge in [-0.25, -0.2) is 0 Å². The molecular formula is C19H21N3O2. The number of para-hydroxylation sites is 1. The summed E-state index contributed by atoms with van der Waals surface area (Å²) in [5, 5.41) is 5.50. The van der Waals surface area contributed by atoms with Gasteiger partial charge in [0.25, 0.3) is 5.91 Å². The first-order valence-corrected chi connectivity index (χ1v) is 8.42. The average molecular weight is 323 g/mol. The molecule has 1 saturated heterocycles. The molecule has 5 heteroatoms. The molecule has 0 spiro atoms. The third-order valence-electron chi connectivity index (χ3n) is 4.76. The van der Waals surface area contributed by atoms with Gasteiger partial charge in [-0.2, -0.15) is 5.10 Å². The van der Waals surface area contributed by atoms with Crippen LogP contribution < -0.4 is 0 Å². The number of furan rings is 1. The molecule has 0 aliphatic carbocycles. The molecule has 1 amide bonds. The second-order valence-electron chi connectivity index (χ2n) is 6.55. The van der Waals surface area contributed by atoms with Crippen molar-refractivity contribution in [3.8, 4) is 0 Å². The smallest absolute Gasteiger partial charge is 0.289 e. The van der Waals surface area contributed by atoms with Gasteiger partial charge < -0.3 is 9.32 Å². The Labute approximate surface area is 140 Å². The fourth-order valence-corrected chi connectivity index (χ4v) is 3.58. The SMILES string of the molecule is Cc1cc(C)n(CC2CCCN2C(=O)c2cc3ccccc3o2)n1. The highest BCUT2D eigenvalue weighted by Crippen LogP contribution is 2.25. The van der Waals surface area contributed by atoms with Crippen molar-refractivity contribution in [3.05, 3.63) is 53.5 Å². The predicted molar refractivity (Wildman–Crippen MR) is 92.0 cm³/mol. The van der Waals surface area contributed by atoms with E-state index in [1.54, 1.807) is 0 Å². The number of hydrogen-bond donors (Lipinski definition) is 0. The maximum Gasteiger partial charge on any atom is 0.289 e. The quantitative estimate of drug-likeness (QED) is 0.740. The summed E-state index contributed by atoms with van der Waals surface area (Å²) in [4.78, 5) is 14.8. The third-order valence-corrected chi connectivity index (χ3v) is 4.76. The van der Waals surface area contributed by atoms with Gasteiger partial charge in [-0.1, -0.05) is 18.2 Å². The van der Waals surface area contributed by atoms with Gasteiger partial charge in [0.15, 0.2) is 5.76 Å². The molecule has 0 radical (unpaired) electrons. The van der Waals surface area contributed by atoms with Crippen LogP contribution in [0.25, 0.3) is 11.0 Å². The Morgan fingerprint density at radius 3 is 2.88 bits per heavy atom. The van der Waals surface area contributed by atoms with Gasteiger partial charge in [0, 0.05) is 17.6 Å². The van der Waals surface area contributed by atoms with Crippen LogP contribution in [0.15, 0.2) is 40.8 Å². The highest BCUT2D eigenvalue weighted by molar-refractivity contribution is 5.96. The number of aromatic nitrogens is 2. The van der Waals surface area contributed by atoms with Crippen LogP contribution in [-0.2, 0) is 6.54 Å². The lowest BCUT2D eigenvalue weighted by molar-refractivity contribution is 0.0691. The van der Waals surface area contributed by atoms with Gasteiger partial charge in [0.2, 0.25) is 0 Å². The zero-order valence-electron chi connectivity index (χ0n) is 14.0. The first-order valence-electron chi connectivity index (χ1n) is 8.42. The number of carbonyl (C=O) groups excluding carboxylic acids is 1. The van der Waals surface area contributed by atoms with E-state index in [4.69, 9.17) is 4.42 Å². The molecule has 1 aliphatic heterocycles. The van der Waals surface area contributed by atoms with E-state index in [9.17, 15) is 4.79 Å². The van der Waals surface area contributed by atoms with E-state index in [1.807, 2.05) is 46.8 Å². The van der Waals surface area contributed by atoms with Crippen LogP contribution in [0.2, 0.25) is 0 Å². The molecule has 3 heterocycles. The molecule has 0 saturated carbocycles. The van der Waals surface area contributed by atoms with Crippen LogP contribution in [0.1, 0.15) is 34.8 Å². The van der Waals surface area contributed by atoms with Crippen molar-refractivity contribution in [2.75, 3.05) is 6.54 Å². The Balaban J connectivity index is 1.57. The second kappa shape index (κ2) is 5.82. The Bertz CT molecular complexity index is 860. The molecule has 1 fully saturated rings. The molecule has 2 aromatic heterocycles. The Morgan fingerprint density at radius 1 is 1.29 bits per heavy atom. The van der Waals surface area contributed by atoms with E-state index >= 15 is 0 Å². The summed E-state index contributed by atoms with van der Waals surface area (Å²) >= 11 is 0. The highest BCUT2D eigenvalue weighted by atomic mass is 16.3. The summed E-state index contributed by atoms with van der Waals surface area (Å²) < 4.78 is 7.76. The lowest BCUT2D eigenvalue weighted by atomic mass is 10.2. The van der Waals surface area contributed by atoms with Gasteiger partial charge in [0.1, 0.15) is 5.58 Å². The number of rotatable bonds is 3. The largest absolute Gasteiger partial charge is 0.451 e. The molecule has 24 heavy (non-hydrogen) atoms. The molecule has 1 atom stereocenters. The third kappa shape index (κ3) is 2.60. The monoisotopic (exact) mass is 323 g/mol. The number of benzene rings is 1. The number of amides is 1. The molecule has 124 valence electrons. The van der Waals surface area contributed by atoms with Crippen molar-refractivity contribution in [1.29, 1.82) is 0 Å². The lowest BCUT2D eigenvalue weighted by Crippen LogP contribution is -2.38. The summed E-state index contributed by atoms with van der Waals surface area (Å²) in [6.45, 7) is 5.57. The van der Waals surface area contributed by atoms with Crippen LogP contribution >= 0.6 is 0 Å². The van der Waals surface area contributed by atoms with Gasteiger partial charge in [-0.05, 0) is 44.9 Å². The van der Waals surface area contributed by atoms with Crippen LogP contribution in [0.5, 0.6) is 0 Å². The zero-order valence-corrected chi connectivity index (χ0v) is 14.0. The Morgan fingerprint density at radius 2 is 2.12 bits per heavy atom. The Hall–Kier alpha value is -2.56. The van der Waals surface area contributed by atoms with Gasteiger partial charge in [-0.15, -0.1) is 0 Å². The van der Waals surface area contributed by atoms with Crippen molar-refractivity contribution >= 4 is 16.9 Å². The minimum atomic E-state index is -0.0183. The normalized spacial score (nSPS) is 17.8. The molecular weight excluding hydrogens is 302 g/mol. The van der Waals surface area contributed by atoms with Gasteiger partial charge >= 0.3 is 0 Å². The summed E-state index contributed by atoms with van der Waals surface area (Å²) in [6, 6.07) is 11.8. The summed E-state index contributed by atoms with van der Waals surface area (Å²) in [7, 11) is 0. The number of fused-ring (bicyclic) bond motifs is 1. The summed E-state index contributed by atoms with van der Waals surface area (Å²) in [5.74, 6) is 0.409. The molecule has 1 aliphatic rings. The summed E-state index contributed by atoms with van der Waals surface area (Å²) in [5.41, 5.74) is 2.91. The molecule has 4 rings (SSSR count). The number of nitrogens with zero attached hydrogens (tertiary/aromatic N) is 3. The first kappa shape index (κ1) is 15.0. The fourth-order valence-electron chi connectivity index (χ4n) is 3.58. The van der Waals surface area contributed by atoms with Crippen LogP contribution in [0.3, 0.4) is 0 Å². The molecule has 5 nitrogen and oxygen atoms in total. The minimum Gasteiger partial charge on any atom is -0.451 e. The van der Waals surface area contributed by atoms with E-state index in [1.165, 1.54) is 0 Å². The number of likely N-dealkylation sites (tertiary alicyclic amines) is 1. The van der Waals surface area contributed by atoms with Crippen LogP contribution in [0.4, 0.5) is 0 Å². The predicted octanol–water partition coefficient (Wildman–Crippen LogP) is 3.55. The Kier molecular flexibility index (Phi) is 3.63. The zero-order chi connectivity index (χ0) is 16.7. The maximum absolute atomic E-state index is 12.9. The lowest BCUT2D eigenvalue weighted by Gasteiger charge is -2.24. The molecule has 0 bridgehead atoms. The van der Waals surface area contributed by atoms with Gasteiger partial charge in [0.05, 0.1) is 18.3 Å². The van der Waals surface area contributed by atoms with E-state index < -0.39 is 0 Å². The average Bonchev–Trinajstić information content (AvgIpc) is 3.26. The highest BCUT2D eigenvalue weighted by Gasteiger charge is 2.31. The second-order valence-corrected chi connectivity index (χ2v) is 6.55. The number of aryl methyl sites for hydroxylation is 2. The standard InChI is InChI=1S/C19H21N3O2/c1-13-10-14(2)22(20-13)12-16-7-5-9-21(16)19(23)18-11-15-6-3-4-8-17(15)24-18/h3-4,6,8,10-11,16H,5,7,9,12H2,1-2H3. The molecule has 3 aromatic rings. The number of hydrogen-bond acceptors (Lipinski definition) is 3. The van der Waals surface area contributed by atoms with Crippen molar-refractivity contribution in [2.45, 2.75) is 39.3 Å². The molecule has 0 N–H and O–H groups in total. The van der Waals surface area contributed by atoms with Crippen molar-refractivity contribution in [1.82, 2.24) is 14.7 Å². The van der Waals surface area contributed by atoms with Crippen LogP contribution in [0, 0.1) is 13.8 Å². The molecule has 1 aromatic carbocycles. The fraction of sp³-hybridized carbons (Fsp3) is 0.368. The van der Waals surface area contributed by atoms with Gasteiger partial charge in [-0.3, -0.25) is 9.48 Å². The number of carbonyl (C=O) groups is 1. The van der Waals surface area contributed by atoms with Crippen molar-refractivity contribution < 1.29 is 9.21 Å². The topological polar surface area (TPSA) is 51.3 Å². The minimum absolute atomic E-state index is 0.0183. The van der Waals surface area contributed by atoms with Crippen molar-refractivity contribution in [2.24, 2.45) is 0 Å². The van der Waals surface area contributed by atoms with E-state index in [2.05, 4.69) is 18.1 Å². The van der Waals surface area contributed by atoms with Crippen LogP contribution in [-0.4, -0.2) is 33.2 Å². The van der Waals surface area contributed by atoms with E-state index in [0.29, 0.717) is 5.76 Å². The van der Waals surface area contributed by atoms with Crippen molar-refractivity contribution in [3.63, 3.8) is 0 Å². The maximum atomic E-state index is 12.9.